The van der Waals surface area contributed by atoms with Crippen LogP contribution in [0.2, 0.25) is 0 Å². The highest BCUT2D eigenvalue weighted by molar-refractivity contribution is 6.02. The van der Waals surface area contributed by atoms with Crippen LogP contribution in [0.4, 0.5) is 30.2 Å². The topological polar surface area (TPSA) is 90.6 Å². The van der Waals surface area contributed by atoms with Gasteiger partial charge in [-0.15, -0.1) is 0 Å². The second-order valence-electron chi connectivity index (χ2n) is 8.92. The molecule has 2 aliphatic carbocycles. The van der Waals surface area contributed by atoms with Crippen molar-refractivity contribution < 1.29 is 23.1 Å². The van der Waals surface area contributed by atoms with E-state index in [-0.39, 0.29) is 42.7 Å². The first kappa shape index (κ1) is 21.1. The van der Waals surface area contributed by atoms with Gasteiger partial charge >= 0.3 is 6.18 Å². The molecule has 4 fully saturated rings. The van der Waals surface area contributed by atoms with Crippen LogP contribution in [0.25, 0.3) is 0 Å². The van der Waals surface area contributed by atoms with Crippen LogP contribution in [-0.4, -0.2) is 49.5 Å². The molecule has 2 saturated heterocycles. The van der Waals surface area contributed by atoms with Gasteiger partial charge in [0.2, 0.25) is 0 Å². The number of nitrogens with zero attached hydrogens (tertiary/aromatic N) is 1. The number of amides is 1. The number of aliphatic hydroxyl groups excluding tert-OH is 1. The van der Waals surface area contributed by atoms with E-state index in [1.54, 1.807) is 13.1 Å². The van der Waals surface area contributed by atoms with Gasteiger partial charge in [-0.3, -0.25) is 4.79 Å². The van der Waals surface area contributed by atoms with Crippen LogP contribution in [0, 0.1) is 17.8 Å². The molecule has 30 heavy (non-hydrogen) atoms. The number of alkyl halides is 3. The van der Waals surface area contributed by atoms with Crippen LogP contribution in [-0.2, 0) is 0 Å². The Kier molecular flexibility index (Phi) is 5.50. The normalized spacial score (nSPS) is 31.1. The Bertz CT molecular complexity index is 796. The minimum Gasteiger partial charge on any atom is -0.397 e. The third-order valence-corrected chi connectivity index (χ3v) is 7.03. The first-order valence-corrected chi connectivity index (χ1v) is 10.6. The molecular weight excluding hydrogens is 397 g/mol. The standard InChI is InChI=1S/C21H29F3N4O2/c1-26-17-8-18(28-9-11-6-12(10-28)19(11)29)15(7-16(17)25)20(30)27-14-4-2-13(3-5-14)21(22,23)24/h7-8,11-14,19,26,29H,2-6,9-10,25H2,1H3,(H,27,30)/t11-,12+,13-,14-,19+. The van der Waals surface area contributed by atoms with E-state index in [0.29, 0.717) is 42.9 Å². The summed E-state index contributed by atoms with van der Waals surface area (Å²) in [6.07, 6.45) is -2.75. The molecule has 2 bridgehead atoms. The van der Waals surface area contributed by atoms with Gasteiger partial charge in [0.25, 0.3) is 5.91 Å². The lowest BCUT2D eigenvalue weighted by molar-refractivity contribution is -0.182. The average Bonchev–Trinajstić information content (AvgIpc) is 2.72. The highest BCUT2D eigenvalue weighted by Crippen LogP contribution is 2.43. The fraction of sp³-hybridized carbons (Fsp3) is 0.667. The quantitative estimate of drug-likeness (QED) is 0.556. The van der Waals surface area contributed by atoms with Crippen molar-refractivity contribution in [2.24, 2.45) is 17.8 Å². The number of halogens is 3. The summed E-state index contributed by atoms with van der Waals surface area (Å²) >= 11 is 0. The predicted octanol–water partition coefficient (Wildman–Crippen LogP) is 2.98. The number of carbonyl (C=O) groups excluding carboxylic acids is 1. The Balaban J connectivity index is 1.50. The molecule has 2 heterocycles. The molecule has 6 nitrogen and oxygen atoms in total. The highest BCUT2D eigenvalue weighted by Gasteiger charge is 2.46. The van der Waals surface area contributed by atoms with Gasteiger partial charge in [0.15, 0.2) is 0 Å². The maximum absolute atomic E-state index is 13.1. The maximum atomic E-state index is 13.1. The first-order chi connectivity index (χ1) is 14.2. The molecule has 3 atom stereocenters. The second-order valence-corrected chi connectivity index (χ2v) is 8.92. The van der Waals surface area contributed by atoms with E-state index in [1.165, 1.54) is 0 Å². The number of nitrogens with two attached hydrogens (primary N) is 1. The van der Waals surface area contributed by atoms with Crippen LogP contribution < -0.4 is 21.3 Å². The molecule has 2 saturated carbocycles. The summed E-state index contributed by atoms with van der Waals surface area (Å²) < 4.78 is 38.7. The highest BCUT2D eigenvalue weighted by atomic mass is 19.4. The van der Waals surface area contributed by atoms with Crippen LogP contribution in [0.3, 0.4) is 0 Å². The molecule has 0 radical (unpaired) electrons. The van der Waals surface area contributed by atoms with Gasteiger partial charge in [-0.05, 0) is 44.2 Å². The SMILES string of the molecule is CNc1cc(N2C[C@H]3C[C@@H](C2)[C@H]3O)c(C(=O)N[C@H]2CC[C@H](C(F)(F)F)CC2)cc1N. The summed E-state index contributed by atoms with van der Waals surface area (Å²) in [6, 6.07) is 3.21. The zero-order chi connectivity index (χ0) is 21.6. The average molecular weight is 426 g/mol. The number of nitrogens with one attached hydrogen (secondary N) is 2. The van der Waals surface area contributed by atoms with Gasteiger partial charge in [0, 0.05) is 38.0 Å². The van der Waals surface area contributed by atoms with Crippen molar-refractivity contribution in [3.8, 4) is 0 Å². The number of nitrogen functional groups attached to an aromatic ring is 1. The van der Waals surface area contributed by atoms with Gasteiger partial charge in [0.05, 0.1) is 34.6 Å². The van der Waals surface area contributed by atoms with Crippen molar-refractivity contribution >= 4 is 23.0 Å². The number of hydrogen-bond acceptors (Lipinski definition) is 5. The van der Waals surface area contributed by atoms with E-state index < -0.39 is 12.1 Å². The fourth-order valence-corrected chi connectivity index (χ4v) is 5.15. The zero-order valence-corrected chi connectivity index (χ0v) is 17.0. The van der Waals surface area contributed by atoms with E-state index >= 15 is 0 Å². The molecule has 4 aliphatic rings. The van der Waals surface area contributed by atoms with E-state index in [2.05, 4.69) is 15.5 Å². The number of fused-ring (bicyclic) bond motifs is 2. The molecule has 2 aliphatic heterocycles. The van der Waals surface area contributed by atoms with Crippen LogP contribution in [0.15, 0.2) is 12.1 Å². The van der Waals surface area contributed by atoms with E-state index in [1.807, 2.05) is 6.07 Å². The van der Waals surface area contributed by atoms with Gasteiger partial charge in [-0.25, -0.2) is 0 Å². The lowest BCUT2D eigenvalue weighted by Crippen LogP contribution is -2.58. The summed E-state index contributed by atoms with van der Waals surface area (Å²) in [4.78, 5) is 15.2. The van der Waals surface area contributed by atoms with Crippen LogP contribution in [0.1, 0.15) is 42.5 Å². The zero-order valence-electron chi connectivity index (χ0n) is 17.0. The second kappa shape index (κ2) is 7.83. The van der Waals surface area contributed by atoms with Crippen molar-refractivity contribution in [3.63, 3.8) is 0 Å². The minimum absolute atomic E-state index is 0.0372. The Morgan fingerprint density at radius 1 is 1.17 bits per heavy atom. The van der Waals surface area contributed by atoms with Crippen molar-refractivity contribution in [1.29, 1.82) is 0 Å². The van der Waals surface area contributed by atoms with Crippen LogP contribution >= 0.6 is 0 Å². The molecule has 1 aromatic carbocycles. The lowest BCUT2D eigenvalue weighted by Gasteiger charge is -2.52. The molecular formula is C21H29F3N4O2. The number of anilines is 3. The van der Waals surface area contributed by atoms with Crippen LogP contribution in [0.5, 0.6) is 0 Å². The largest absolute Gasteiger partial charge is 0.397 e. The molecule has 0 spiro atoms. The Morgan fingerprint density at radius 2 is 1.80 bits per heavy atom. The molecule has 1 aromatic rings. The maximum Gasteiger partial charge on any atom is 0.391 e. The molecule has 166 valence electrons. The summed E-state index contributed by atoms with van der Waals surface area (Å²) in [6.45, 7) is 1.34. The van der Waals surface area contributed by atoms with Gasteiger partial charge < -0.3 is 26.4 Å². The summed E-state index contributed by atoms with van der Waals surface area (Å²) in [5.74, 6) is -1.19. The first-order valence-electron chi connectivity index (χ1n) is 10.6. The third kappa shape index (κ3) is 3.91. The summed E-state index contributed by atoms with van der Waals surface area (Å²) in [5, 5.41) is 16.0. The van der Waals surface area contributed by atoms with Gasteiger partial charge in [0.1, 0.15) is 0 Å². The predicted molar refractivity (Wildman–Crippen MR) is 109 cm³/mol. The molecule has 5 rings (SSSR count). The molecule has 5 N–H and O–H groups in total. The van der Waals surface area contributed by atoms with Crippen molar-refractivity contribution in [3.05, 3.63) is 17.7 Å². The number of carbonyl (C=O) groups is 1. The van der Waals surface area contributed by atoms with Crippen molar-refractivity contribution in [2.45, 2.75) is 50.4 Å². The Morgan fingerprint density at radius 3 is 2.33 bits per heavy atom. The van der Waals surface area contributed by atoms with Gasteiger partial charge in [-0.2, -0.15) is 13.2 Å². The van der Waals surface area contributed by atoms with Crippen molar-refractivity contribution in [2.75, 3.05) is 36.1 Å². The summed E-state index contributed by atoms with van der Waals surface area (Å²) in [5.41, 5.74) is 8.43. The summed E-state index contributed by atoms with van der Waals surface area (Å²) in [7, 11) is 1.76. The Labute approximate surface area is 174 Å². The molecule has 0 aromatic heterocycles. The number of hydrogen-bond donors (Lipinski definition) is 4. The smallest absolute Gasteiger partial charge is 0.391 e. The monoisotopic (exact) mass is 426 g/mol. The fourth-order valence-electron chi connectivity index (χ4n) is 5.15. The third-order valence-electron chi connectivity index (χ3n) is 7.03. The number of benzene rings is 1. The van der Waals surface area contributed by atoms with E-state index in [9.17, 15) is 23.1 Å². The lowest BCUT2D eigenvalue weighted by atomic mass is 9.68. The molecule has 9 heteroatoms. The van der Waals surface area contributed by atoms with Crippen molar-refractivity contribution in [1.82, 2.24) is 5.32 Å². The van der Waals surface area contributed by atoms with E-state index in [4.69, 9.17) is 5.73 Å². The number of aliphatic hydroxyl groups is 1. The van der Waals surface area contributed by atoms with E-state index in [0.717, 1.165) is 12.1 Å². The minimum atomic E-state index is -4.17. The molecule has 0 unspecified atom stereocenters. The molecule has 1 amide bonds. The Hall–Kier alpha value is -2.16. The number of rotatable bonds is 4. The van der Waals surface area contributed by atoms with Gasteiger partial charge in [-0.1, -0.05) is 0 Å². The number of piperidine rings is 2.